The van der Waals surface area contributed by atoms with Crippen LogP contribution in [0.15, 0.2) is 45.1 Å². The number of hydrogen-bond donors (Lipinski definition) is 1. The number of aromatic hydroxyl groups is 1. The number of hydrogen-bond acceptors (Lipinski definition) is 5. The van der Waals surface area contributed by atoms with Gasteiger partial charge in [0.15, 0.2) is 6.29 Å². The van der Waals surface area contributed by atoms with Crippen molar-refractivity contribution in [3.63, 3.8) is 0 Å². The van der Waals surface area contributed by atoms with Crippen molar-refractivity contribution in [2.75, 3.05) is 0 Å². The molecule has 0 aliphatic carbocycles. The molecule has 1 aliphatic heterocycles. The lowest BCUT2D eigenvalue weighted by Crippen LogP contribution is -2.13. The normalized spacial score (nSPS) is 19.9. The third-order valence-electron chi connectivity index (χ3n) is 5.63. The topological polar surface area (TPSA) is 68.9 Å². The number of aryl methyl sites for hydroxylation is 1. The Morgan fingerprint density at radius 2 is 1.79 bits per heavy atom. The van der Waals surface area contributed by atoms with E-state index < -0.39 is 6.29 Å². The minimum Gasteiger partial charge on any atom is -0.507 e. The highest BCUT2D eigenvalue weighted by Gasteiger charge is 2.33. The molecule has 2 aromatic carbocycles. The van der Waals surface area contributed by atoms with Gasteiger partial charge in [0.1, 0.15) is 22.3 Å². The van der Waals surface area contributed by atoms with Crippen LogP contribution >= 0.6 is 0 Å². The molecule has 2 heterocycles. The highest BCUT2D eigenvalue weighted by molar-refractivity contribution is 5.95. The SMILES string of the molecule is CC(C)=CCc1c(C)cc2oc3cccc(C4O[C@H](C)[C@@H](C)O4)c3c(=O)c2c1O. The van der Waals surface area contributed by atoms with E-state index in [1.807, 2.05) is 58.9 Å². The number of phenolic OH excluding ortho intramolecular Hbond substituents is 1. The van der Waals surface area contributed by atoms with Gasteiger partial charge in [0, 0.05) is 11.1 Å². The lowest BCUT2D eigenvalue weighted by atomic mass is 9.98. The average Bonchev–Trinajstić information content (AvgIpc) is 2.99. The number of benzene rings is 2. The average molecular weight is 394 g/mol. The Labute approximate surface area is 169 Å². The fourth-order valence-electron chi connectivity index (χ4n) is 3.78. The smallest absolute Gasteiger partial charge is 0.204 e. The first kappa shape index (κ1) is 19.7. The molecule has 1 saturated heterocycles. The fourth-order valence-corrected chi connectivity index (χ4v) is 3.78. The van der Waals surface area contributed by atoms with Crippen LogP contribution < -0.4 is 5.43 Å². The van der Waals surface area contributed by atoms with Crippen LogP contribution in [0.3, 0.4) is 0 Å². The predicted molar refractivity (Wildman–Crippen MR) is 113 cm³/mol. The molecule has 0 amide bonds. The Kier molecular flexibility index (Phi) is 4.97. The molecule has 152 valence electrons. The van der Waals surface area contributed by atoms with Crippen LogP contribution in [0.25, 0.3) is 21.9 Å². The number of ether oxygens (including phenoxy) is 2. The molecule has 29 heavy (non-hydrogen) atoms. The fraction of sp³-hybridized carbons (Fsp3) is 0.375. The number of phenols is 1. The molecule has 3 aromatic rings. The molecule has 1 aliphatic rings. The number of rotatable bonds is 3. The van der Waals surface area contributed by atoms with Gasteiger partial charge >= 0.3 is 0 Å². The van der Waals surface area contributed by atoms with Gasteiger partial charge in [-0.1, -0.05) is 23.8 Å². The van der Waals surface area contributed by atoms with Crippen LogP contribution in [0.1, 0.15) is 50.7 Å². The Balaban J connectivity index is 1.98. The summed E-state index contributed by atoms with van der Waals surface area (Å²) in [6.07, 6.45) is 1.80. The molecule has 0 bridgehead atoms. The maximum absolute atomic E-state index is 13.5. The van der Waals surface area contributed by atoms with Crippen molar-refractivity contribution in [1.29, 1.82) is 0 Å². The van der Waals surface area contributed by atoms with Gasteiger partial charge in [0.25, 0.3) is 0 Å². The van der Waals surface area contributed by atoms with Crippen molar-refractivity contribution in [2.45, 2.75) is 59.5 Å². The minimum atomic E-state index is -0.637. The second-order valence-electron chi connectivity index (χ2n) is 8.05. The molecule has 1 N–H and O–H groups in total. The lowest BCUT2D eigenvalue weighted by Gasteiger charge is -2.14. The molecule has 2 atom stereocenters. The Hall–Kier alpha value is -2.63. The summed E-state index contributed by atoms with van der Waals surface area (Å²) in [5.41, 5.74) is 3.96. The molecule has 1 fully saturated rings. The van der Waals surface area contributed by atoms with Crippen molar-refractivity contribution in [3.8, 4) is 5.75 Å². The van der Waals surface area contributed by atoms with Crippen LogP contribution in [0.5, 0.6) is 5.75 Å². The largest absolute Gasteiger partial charge is 0.507 e. The van der Waals surface area contributed by atoms with Crippen LogP contribution in [0.4, 0.5) is 0 Å². The van der Waals surface area contributed by atoms with Gasteiger partial charge in [-0.05, 0) is 58.7 Å². The van der Waals surface area contributed by atoms with Crippen LogP contribution in [-0.2, 0) is 15.9 Å². The Bertz CT molecular complexity index is 1170. The third-order valence-corrected chi connectivity index (χ3v) is 5.63. The molecule has 1 aromatic heterocycles. The van der Waals surface area contributed by atoms with Gasteiger partial charge in [-0.2, -0.15) is 0 Å². The molecule has 5 heteroatoms. The maximum atomic E-state index is 13.5. The Morgan fingerprint density at radius 1 is 1.10 bits per heavy atom. The summed E-state index contributed by atoms with van der Waals surface area (Å²) in [6.45, 7) is 9.81. The van der Waals surface area contributed by atoms with E-state index in [9.17, 15) is 9.90 Å². The van der Waals surface area contributed by atoms with Gasteiger partial charge in [-0.3, -0.25) is 4.79 Å². The second kappa shape index (κ2) is 7.32. The molecule has 0 radical (unpaired) electrons. The summed E-state index contributed by atoms with van der Waals surface area (Å²) in [4.78, 5) is 13.5. The summed E-state index contributed by atoms with van der Waals surface area (Å²) in [5, 5.41) is 11.6. The monoisotopic (exact) mass is 394 g/mol. The predicted octanol–water partition coefficient (Wildman–Crippen LogP) is 5.29. The van der Waals surface area contributed by atoms with Gasteiger partial charge in [0.2, 0.25) is 5.43 Å². The van der Waals surface area contributed by atoms with E-state index >= 15 is 0 Å². The molecule has 0 saturated carbocycles. The van der Waals surface area contributed by atoms with E-state index in [4.69, 9.17) is 13.9 Å². The first-order valence-electron chi connectivity index (χ1n) is 9.93. The van der Waals surface area contributed by atoms with E-state index in [1.54, 1.807) is 6.07 Å². The number of allylic oxidation sites excluding steroid dienone is 2. The molecular formula is C24H26O5. The molecular weight excluding hydrogens is 368 g/mol. The quantitative estimate of drug-likeness (QED) is 0.483. The van der Waals surface area contributed by atoms with E-state index in [0.29, 0.717) is 28.5 Å². The van der Waals surface area contributed by atoms with E-state index in [1.165, 1.54) is 0 Å². The standard InChI is InChI=1S/C24H26O5/c1-12(2)9-10-16-13(3)11-19-21(22(16)25)23(26)20-17(7-6-8-18(20)29-19)24-27-14(4)15(5)28-24/h6-9,11,14-15,24-25H,10H2,1-5H3/t14-,15-/m1/s1. The van der Waals surface area contributed by atoms with Crippen LogP contribution in [-0.4, -0.2) is 17.3 Å². The maximum Gasteiger partial charge on any atom is 0.204 e. The van der Waals surface area contributed by atoms with E-state index in [2.05, 4.69) is 0 Å². The molecule has 0 spiro atoms. The molecule has 0 unspecified atom stereocenters. The zero-order valence-electron chi connectivity index (χ0n) is 17.4. The van der Waals surface area contributed by atoms with E-state index in [0.717, 1.165) is 16.7 Å². The van der Waals surface area contributed by atoms with Gasteiger partial charge in [-0.25, -0.2) is 0 Å². The third kappa shape index (κ3) is 3.34. The minimum absolute atomic E-state index is 0.0158. The second-order valence-corrected chi connectivity index (χ2v) is 8.05. The molecule has 5 nitrogen and oxygen atoms in total. The van der Waals surface area contributed by atoms with Crippen molar-refractivity contribution in [1.82, 2.24) is 0 Å². The summed E-state index contributed by atoms with van der Waals surface area (Å²) >= 11 is 0. The Morgan fingerprint density at radius 3 is 2.45 bits per heavy atom. The first-order valence-corrected chi connectivity index (χ1v) is 9.93. The van der Waals surface area contributed by atoms with Gasteiger partial charge < -0.3 is 19.0 Å². The van der Waals surface area contributed by atoms with Crippen molar-refractivity contribution in [2.24, 2.45) is 0 Å². The zero-order valence-corrected chi connectivity index (χ0v) is 17.4. The highest BCUT2D eigenvalue weighted by atomic mass is 16.7. The zero-order chi connectivity index (χ0) is 20.9. The van der Waals surface area contributed by atoms with Crippen LogP contribution in [0, 0.1) is 6.92 Å². The van der Waals surface area contributed by atoms with Crippen molar-refractivity contribution in [3.05, 3.63) is 62.8 Å². The number of fused-ring (bicyclic) bond motifs is 2. The van der Waals surface area contributed by atoms with Crippen molar-refractivity contribution < 1.29 is 19.0 Å². The van der Waals surface area contributed by atoms with Crippen LogP contribution in [0.2, 0.25) is 0 Å². The lowest BCUT2D eigenvalue weighted by molar-refractivity contribution is -0.0642. The van der Waals surface area contributed by atoms with Gasteiger partial charge in [0.05, 0.1) is 17.6 Å². The van der Waals surface area contributed by atoms with Crippen molar-refractivity contribution >= 4 is 21.9 Å². The molecule has 4 rings (SSSR count). The highest BCUT2D eigenvalue weighted by Crippen LogP contribution is 2.37. The summed E-state index contributed by atoms with van der Waals surface area (Å²) in [5.74, 6) is -0.0158. The summed E-state index contributed by atoms with van der Waals surface area (Å²) < 4.78 is 17.8. The van der Waals surface area contributed by atoms with Gasteiger partial charge in [-0.15, -0.1) is 0 Å². The van der Waals surface area contributed by atoms with E-state index in [-0.39, 0.29) is 28.8 Å². The first-order chi connectivity index (χ1) is 13.8. The summed E-state index contributed by atoms with van der Waals surface area (Å²) in [7, 11) is 0. The summed E-state index contributed by atoms with van der Waals surface area (Å²) in [6, 6.07) is 7.22.